The number of rotatable bonds is 5. The van der Waals surface area contributed by atoms with Gasteiger partial charge in [0.1, 0.15) is 11.3 Å². The standard InChI is InChI=1S/C20H25NO5/c1-13-16-11-15(24-2)9-10-17(16)26-19(13)20(23)25-12-18(22)21-14-7-5-3-4-6-8-14/h9-11,14H,3-8,12H2,1-2H3,(H,21,22). The molecule has 0 radical (unpaired) electrons. The van der Waals surface area contributed by atoms with Crippen LogP contribution in [0.1, 0.15) is 54.6 Å². The molecule has 2 aromatic rings. The summed E-state index contributed by atoms with van der Waals surface area (Å²) >= 11 is 0. The molecule has 1 aromatic carbocycles. The number of aryl methyl sites for hydroxylation is 1. The first-order chi connectivity index (χ1) is 12.6. The number of carbonyl (C=O) groups excluding carboxylic acids is 2. The van der Waals surface area contributed by atoms with E-state index in [1.54, 1.807) is 26.2 Å². The Balaban J connectivity index is 1.60. The smallest absolute Gasteiger partial charge is 0.375 e. The largest absolute Gasteiger partial charge is 0.497 e. The van der Waals surface area contributed by atoms with Gasteiger partial charge in [0, 0.05) is 17.0 Å². The number of esters is 1. The summed E-state index contributed by atoms with van der Waals surface area (Å²) in [7, 11) is 1.58. The SMILES string of the molecule is COc1ccc2oc(C(=O)OCC(=O)NC3CCCCCC3)c(C)c2c1. The van der Waals surface area contributed by atoms with E-state index in [-0.39, 0.29) is 24.3 Å². The van der Waals surface area contributed by atoms with Gasteiger partial charge in [-0.05, 0) is 38.0 Å². The molecule has 1 amide bonds. The van der Waals surface area contributed by atoms with Crippen molar-refractivity contribution in [2.45, 2.75) is 51.5 Å². The molecule has 6 heteroatoms. The van der Waals surface area contributed by atoms with Crippen molar-refractivity contribution < 1.29 is 23.5 Å². The topological polar surface area (TPSA) is 77.8 Å². The van der Waals surface area contributed by atoms with Gasteiger partial charge in [-0.25, -0.2) is 4.79 Å². The monoisotopic (exact) mass is 359 g/mol. The second-order valence-electron chi connectivity index (χ2n) is 6.75. The van der Waals surface area contributed by atoms with Crippen molar-refractivity contribution in [2.75, 3.05) is 13.7 Å². The minimum absolute atomic E-state index is 0.121. The number of methoxy groups -OCH3 is 1. The van der Waals surface area contributed by atoms with Gasteiger partial charge in [0.2, 0.25) is 5.76 Å². The van der Waals surface area contributed by atoms with Gasteiger partial charge < -0.3 is 19.2 Å². The number of fused-ring (bicyclic) bond motifs is 1. The van der Waals surface area contributed by atoms with Gasteiger partial charge in [-0.3, -0.25) is 4.79 Å². The zero-order valence-corrected chi connectivity index (χ0v) is 15.3. The maximum atomic E-state index is 12.3. The van der Waals surface area contributed by atoms with Crippen LogP contribution in [0.2, 0.25) is 0 Å². The second-order valence-corrected chi connectivity index (χ2v) is 6.75. The molecule has 0 bridgehead atoms. The van der Waals surface area contributed by atoms with Crippen LogP contribution in [0.25, 0.3) is 11.0 Å². The fourth-order valence-corrected chi connectivity index (χ4v) is 3.41. The van der Waals surface area contributed by atoms with E-state index in [4.69, 9.17) is 13.9 Å². The van der Waals surface area contributed by atoms with E-state index >= 15 is 0 Å². The van der Waals surface area contributed by atoms with Gasteiger partial charge in [-0.1, -0.05) is 25.7 Å². The zero-order valence-electron chi connectivity index (χ0n) is 15.3. The lowest BCUT2D eigenvalue weighted by Crippen LogP contribution is -2.37. The molecule has 140 valence electrons. The van der Waals surface area contributed by atoms with E-state index < -0.39 is 5.97 Å². The van der Waals surface area contributed by atoms with Crippen LogP contribution in [0.15, 0.2) is 22.6 Å². The highest BCUT2D eigenvalue weighted by molar-refractivity contribution is 5.97. The van der Waals surface area contributed by atoms with E-state index in [1.165, 1.54) is 12.8 Å². The number of ether oxygens (including phenoxy) is 2. The molecule has 0 aliphatic heterocycles. The maximum absolute atomic E-state index is 12.3. The summed E-state index contributed by atoms with van der Waals surface area (Å²) in [6, 6.07) is 5.50. The Labute approximate surface area is 152 Å². The molecule has 1 aliphatic carbocycles. The highest BCUT2D eigenvalue weighted by atomic mass is 16.5. The lowest BCUT2D eigenvalue weighted by Gasteiger charge is -2.15. The van der Waals surface area contributed by atoms with E-state index in [0.717, 1.165) is 31.1 Å². The van der Waals surface area contributed by atoms with Crippen LogP contribution in [0.5, 0.6) is 5.75 Å². The first-order valence-corrected chi connectivity index (χ1v) is 9.12. The van der Waals surface area contributed by atoms with Gasteiger partial charge in [0.05, 0.1) is 7.11 Å². The van der Waals surface area contributed by atoms with Crippen molar-refractivity contribution >= 4 is 22.8 Å². The Hall–Kier alpha value is -2.50. The Kier molecular flexibility index (Phi) is 5.81. The molecular weight excluding hydrogens is 334 g/mol. The average Bonchev–Trinajstić information content (AvgIpc) is 2.81. The zero-order chi connectivity index (χ0) is 18.5. The Morgan fingerprint density at radius 3 is 2.62 bits per heavy atom. The Morgan fingerprint density at radius 2 is 1.92 bits per heavy atom. The molecular formula is C20H25NO5. The van der Waals surface area contributed by atoms with Gasteiger partial charge in [-0.15, -0.1) is 0 Å². The molecule has 26 heavy (non-hydrogen) atoms. The fraction of sp³-hybridized carbons (Fsp3) is 0.500. The van der Waals surface area contributed by atoms with Gasteiger partial charge in [-0.2, -0.15) is 0 Å². The summed E-state index contributed by atoms with van der Waals surface area (Å²) in [6.45, 7) is 1.49. The number of furan rings is 1. The number of nitrogens with one attached hydrogen (secondary N) is 1. The highest BCUT2D eigenvalue weighted by Gasteiger charge is 2.21. The van der Waals surface area contributed by atoms with Gasteiger partial charge >= 0.3 is 5.97 Å². The number of hydrogen-bond donors (Lipinski definition) is 1. The molecule has 0 atom stereocenters. The summed E-state index contributed by atoms with van der Waals surface area (Å²) < 4.78 is 15.9. The van der Waals surface area contributed by atoms with Crippen LogP contribution in [0.4, 0.5) is 0 Å². The van der Waals surface area contributed by atoms with E-state index in [2.05, 4.69) is 5.32 Å². The average molecular weight is 359 g/mol. The van der Waals surface area contributed by atoms with Crippen LogP contribution in [-0.2, 0) is 9.53 Å². The molecule has 1 heterocycles. The molecule has 1 N–H and O–H groups in total. The molecule has 1 aliphatic rings. The molecule has 0 unspecified atom stereocenters. The fourth-order valence-electron chi connectivity index (χ4n) is 3.41. The van der Waals surface area contributed by atoms with Gasteiger partial charge in [0.15, 0.2) is 6.61 Å². The first kappa shape index (κ1) is 18.3. The van der Waals surface area contributed by atoms with Crippen molar-refractivity contribution in [3.8, 4) is 5.75 Å². The maximum Gasteiger partial charge on any atom is 0.375 e. The predicted molar refractivity (Wildman–Crippen MR) is 97.4 cm³/mol. The number of benzene rings is 1. The number of carbonyl (C=O) groups is 2. The Morgan fingerprint density at radius 1 is 1.19 bits per heavy atom. The lowest BCUT2D eigenvalue weighted by molar-refractivity contribution is -0.125. The summed E-state index contributed by atoms with van der Waals surface area (Å²) in [5.74, 6) is -0.0889. The van der Waals surface area contributed by atoms with Crippen molar-refractivity contribution in [2.24, 2.45) is 0 Å². The minimum atomic E-state index is -0.631. The van der Waals surface area contributed by atoms with Crippen LogP contribution in [0, 0.1) is 6.92 Å². The van der Waals surface area contributed by atoms with Crippen LogP contribution in [0.3, 0.4) is 0 Å². The quantitative estimate of drug-likeness (QED) is 0.650. The molecule has 3 rings (SSSR count). The van der Waals surface area contributed by atoms with Crippen LogP contribution < -0.4 is 10.1 Å². The van der Waals surface area contributed by atoms with Gasteiger partial charge in [0.25, 0.3) is 5.91 Å². The summed E-state index contributed by atoms with van der Waals surface area (Å²) in [6.07, 6.45) is 6.68. The highest BCUT2D eigenvalue weighted by Crippen LogP contribution is 2.29. The van der Waals surface area contributed by atoms with Crippen LogP contribution in [-0.4, -0.2) is 31.6 Å². The minimum Gasteiger partial charge on any atom is -0.497 e. The molecule has 1 aromatic heterocycles. The van der Waals surface area contributed by atoms with E-state index in [9.17, 15) is 9.59 Å². The normalized spacial score (nSPS) is 15.5. The second kappa shape index (κ2) is 8.25. The summed E-state index contributed by atoms with van der Waals surface area (Å²) in [4.78, 5) is 24.4. The lowest BCUT2D eigenvalue weighted by atomic mass is 10.1. The molecule has 1 saturated carbocycles. The van der Waals surface area contributed by atoms with E-state index in [0.29, 0.717) is 16.9 Å². The third kappa shape index (κ3) is 4.18. The summed E-state index contributed by atoms with van der Waals surface area (Å²) in [5, 5.41) is 3.75. The van der Waals surface area contributed by atoms with Crippen molar-refractivity contribution in [1.82, 2.24) is 5.32 Å². The van der Waals surface area contributed by atoms with E-state index in [1.807, 2.05) is 6.07 Å². The van der Waals surface area contributed by atoms with Crippen LogP contribution >= 0.6 is 0 Å². The molecule has 0 spiro atoms. The number of hydrogen-bond acceptors (Lipinski definition) is 5. The molecule has 0 saturated heterocycles. The molecule has 6 nitrogen and oxygen atoms in total. The first-order valence-electron chi connectivity index (χ1n) is 9.12. The molecule has 1 fully saturated rings. The van der Waals surface area contributed by atoms with Crippen molar-refractivity contribution in [3.63, 3.8) is 0 Å². The summed E-state index contributed by atoms with van der Waals surface area (Å²) in [5.41, 5.74) is 1.26. The Bertz CT molecular complexity index is 787. The van der Waals surface area contributed by atoms with Crippen molar-refractivity contribution in [1.29, 1.82) is 0 Å². The third-order valence-corrected chi connectivity index (χ3v) is 4.88. The van der Waals surface area contributed by atoms with Crippen molar-refractivity contribution in [3.05, 3.63) is 29.5 Å². The predicted octanol–water partition coefficient (Wildman–Crippen LogP) is 3.75. The third-order valence-electron chi connectivity index (χ3n) is 4.88. The number of amides is 1.